The van der Waals surface area contributed by atoms with Crippen molar-refractivity contribution in [1.82, 2.24) is 4.98 Å². The lowest BCUT2D eigenvalue weighted by Crippen LogP contribution is -1.95. The molecule has 3 rings (SSSR count). The van der Waals surface area contributed by atoms with Gasteiger partial charge < -0.3 is 5.73 Å². The van der Waals surface area contributed by atoms with Crippen LogP contribution in [0.4, 0.5) is 0 Å². The fourth-order valence-corrected chi connectivity index (χ4v) is 2.17. The molecule has 0 aliphatic rings. The molecule has 2 aromatic carbocycles. The zero-order valence-electron chi connectivity index (χ0n) is 10.0. The van der Waals surface area contributed by atoms with Crippen LogP contribution in [0.2, 0.25) is 0 Å². The Labute approximate surface area is 106 Å². The molecule has 0 amide bonds. The molecule has 0 saturated heterocycles. The highest BCUT2D eigenvalue weighted by Gasteiger charge is 2.03. The number of pyridine rings is 1. The van der Waals surface area contributed by atoms with E-state index >= 15 is 0 Å². The Balaban J connectivity index is 2.18. The van der Waals surface area contributed by atoms with Crippen LogP contribution in [0.15, 0.2) is 60.9 Å². The molecule has 0 aliphatic carbocycles. The third-order valence-corrected chi connectivity index (χ3v) is 3.17. The van der Waals surface area contributed by atoms with E-state index in [1.807, 2.05) is 18.5 Å². The average Bonchev–Trinajstić information content (AvgIpc) is 2.47. The van der Waals surface area contributed by atoms with Crippen LogP contribution in [-0.4, -0.2) is 4.98 Å². The second kappa shape index (κ2) is 4.59. The number of nitrogens with zero attached hydrogens (tertiary/aromatic N) is 1. The summed E-state index contributed by atoms with van der Waals surface area (Å²) in [6, 6.07) is 16.6. The van der Waals surface area contributed by atoms with Crippen LogP contribution in [0.3, 0.4) is 0 Å². The molecular formula is C16H14N2. The van der Waals surface area contributed by atoms with Gasteiger partial charge in [0.05, 0.1) is 0 Å². The molecule has 88 valence electrons. The number of hydrogen-bond acceptors (Lipinski definition) is 2. The number of nitrogens with two attached hydrogens (primary N) is 1. The highest BCUT2D eigenvalue weighted by atomic mass is 14.6. The molecule has 0 fully saturated rings. The summed E-state index contributed by atoms with van der Waals surface area (Å²) < 4.78 is 0. The van der Waals surface area contributed by atoms with E-state index in [1.54, 1.807) is 0 Å². The summed E-state index contributed by atoms with van der Waals surface area (Å²) in [4.78, 5) is 4.31. The molecule has 2 N–H and O–H groups in total. The van der Waals surface area contributed by atoms with Gasteiger partial charge in [0.1, 0.15) is 0 Å². The predicted octanol–water partition coefficient (Wildman–Crippen LogP) is 3.36. The van der Waals surface area contributed by atoms with Gasteiger partial charge in [-0.15, -0.1) is 0 Å². The van der Waals surface area contributed by atoms with Gasteiger partial charge in [0.2, 0.25) is 0 Å². The maximum Gasteiger partial charge on any atom is 0.0352 e. The van der Waals surface area contributed by atoms with Crippen LogP contribution in [0, 0.1) is 0 Å². The van der Waals surface area contributed by atoms with E-state index in [0.29, 0.717) is 6.54 Å². The molecule has 1 aromatic heterocycles. The van der Waals surface area contributed by atoms with E-state index in [9.17, 15) is 0 Å². The zero-order chi connectivity index (χ0) is 12.4. The summed E-state index contributed by atoms with van der Waals surface area (Å²) in [7, 11) is 0. The lowest BCUT2D eigenvalue weighted by molar-refractivity contribution is 1.07. The van der Waals surface area contributed by atoms with Crippen LogP contribution in [-0.2, 0) is 6.54 Å². The number of fused-ring (bicyclic) bond motifs is 1. The van der Waals surface area contributed by atoms with Crippen molar-refractivity contribution in [1.29, 1.82) is 0 Å². The Morgan fingerprint density at radius 3 is 2.44 bits per heavy atom. The Kier molecular flexibility index (Phi) is 2.79. The number of rotatable bonds is 2. The fourth-order valence-electron chi connectivity index (χ4n) is 2.17. The first-order valence-corrected chi connectivity index (χ1v) is 6.00. The van der Waals surface area contributed by atoms with Crippen molar-refractivity contribution >= 4 is 10.8 Å². The lowest BCUT2D eigenvalue weighted by atomic mass is 10.00. The first kappa shape index (κ1) is 10.9. The van der Waals surface area contributed by atoms with Gasteiger partial charge >= 0.3 is 0 Å². The molecular weight excluding hydrogens is 220 g/mol. The third kappa shape index (κ3) is 1.87. The van der Waals surface area contributed by atoms with Gasteiger partial charge in [-0.1, -0.05) is 48.5 Å². The van der Waals surface area contributed by atoms with Crippen molar-refractivity contribution in [2.75, 3.05) is 0 Å². The van der Waals surface area contributed by atoms with Crippen molar-refractivity contribution in [3.05, 3.63) is 66.5 Å². The third-order valence-electron chi connectivity index (χ3n) is 3.17. The largest absolute Gasteiger partial charge is 0.326 e. The van der Waals surface area contributed by atoms with E-state index in [-0.39, 0.29) is 0 Å². The predicted molar refractivity (Wildman–Crippen MR) is 75.1 cm³/mol. The van der Waals surface area contributed by atoms with Crippen LogP contribution in [0.25, 0.3) is 21.9 Å². The van der Waals surface area contributed by atoms with Crippen molar-refractivity contribution < 1.29 is 0 Å². The summed E-state index contributed by atoms with van der Waals surface area (Å²) in [6.45, 7) is 0.577. The minimum atomic E-state index is 0.577. The van der Waals surface area contributed by atoms with Crippen LogP contribution >= 0.6 is 0 Å². The van der Waals surface area contributed by atoms with Gasteiger partial charge in [-0.3, -0.25) is 4.98 Å². The minimum absolute atomic E-state index is 0.577. The minimum Gasteiger partial charge on any atom is -0.326 e. The van der Waals surface area contributed by atoms with Crippen LogP contribution < -0.4 is 5.73 Å². The maximum absolute atomic E-state index is 5.62. The molecule has 0 saturated carbocycles. The highest BCUT2D eigenvalue weighted by Crippen LogP contribution is 2.27. The molecule has 3 aromatic rings. The van der Waals surface area contributed by atoms with E-state index in [1.165, 1.54) is 10.9 Å². The zero-order valence-corrected chi connectivity index (χ0v) is 10.0. The molecule has 2 heteroatoms. The first-order valence-electron chi connectivity index (χ1n) is 6.00. The van der Waals surface area contributed by atoms with Gasteiger partial charge in [-0.05, 0) is 16.5 Å². The summed E-state index contributed by atoms with van der Waals surface area (Å²) in [6.07, 6.45) is 3.81. The second-order valence-corrected chi connectivity index (χ2v) is 4.31. The first-order chi connectivity index (χ1) is 8.88. The molecule has 0 spiro atoms. The van der Waals surface area contributed by atoms with Crippen molar-refractivity contribution in [3.63, 3.8) is 0 Å². The summed E-state index contributed by atoms with van der Waals surface area (Å²) in [5, 5.41) is 2.39. The van der Waals surface area contributed by atoms with E-state index < -0.39 is 0 Å². The van der Waals surface area contributed by atoms with E-state index in [0.717, 1.165) is 16.5 Å². The number of benzene rings is 2. The molecule has 18 heavy (non-hydrogen) atoms. The van der Waals surface area contributed by atoms with Crippen molar-refractivity contribution in [2.45, 2.75) is 6.54 Å². The van der Waals surface area contributed by atoms with Crippen LogP contribution in [0.5, 0.6) is 0 Å². The summed E-state index contributed by atoms with van der Waals surface area (Å²) in [5.74, 6) is 0. The van der Waals surface area contributed by atoms with Gasteiger partial charge in [-0.2, -0.15) is 0 Å². The Bertz CT molecular complexity index is 667. The summed E-state index contributed by atoms with van der Waals surface area (Å²) >= 11 is 0. The SMILES string of the molecule is NCc1ccc(-c2cncc3ccccc23)cc1. The molecule has 0 unspecified atom stereocenters. The quantitative estimate of drug-likeness (QED) is 0.738. The molecule has 0 aliphatic heterocycles. The highest BCUT2D eigenvalue weighted by molar-refractivity contribution is 5.95. The van der Waals surface area contributed by atoms with Gasteiger partial charge in [0, 0.05) is 29.9 Å². The second-order valence-electron chi connectivity index (χ2n) is 4.31. The Hall–Kier alpha value is -2.19. The molecule has 0 atom stereocenters. The topological polar surface area (TPSA) is 38.9 Å². The molecule has 0 bridgehead atoms. The van der Waals surface area contributed by atoms with Gasteiger partial charge in [0.25, 0.3) is 0 Å². The fraction of sp³-hybridized carbons (Fsp3) is 0.0625. The summed E-state index contributed by atoms with van der Waals surface area (Å²) in [5.41, 5.74) is 9.10. The van der Waals surface area contributed by atoms with Gasteiger partial charge in [0.15, 0.2) is 0 Å². The lowest BCUT2D eigenvalue weighted by Gasteiger charge is -2.06. The molecule has 1 heterocycles. The van der Waals surface area contributed by atoms with Crippen molar-refractivity contribution in [3.8, 4) is 11.1 Å². The number of aromatic nitrogens is 1. The Morgan fingerprint density at radius 2 is 1.67 bits per heavy atom. The smallest absolute Gasteiger partial charge is 0.0352 e. The normalized spacial score (nSPS) is 10.7. The number of hydrogen-bond donors (Lipinski definition) is 1. The molecule has 0 radical (unpaired) electrons. The average molecular weight is 234 g/mol. The van der Waals surface area contributed by atoms with Gasteiger partial charge in [-0.25, -0.2) is 0 Å². The molecule has 2 nitrogen and oxygen atoms in total. The van der Waals surface area contributed by atoms with E-state index in [4.69, 9.17) is 5.73 Å². The van der Waals surface area contributed by atoms with Crippen LogP contribution in [0.1, 0.15) is 5.56 Å². The Morgan fingerprint density at radius 1 is 0.889 bits per heavy atom. The maximum atomic E-state index is 5.62. The van der Waals surface area contributed by atoms with Crippen molar-refractivity contribution in [2.24, 2.45) is 5.73 Å². The van der Waals surface area contributed by atoms with E-state index in [2.05, 4.69) is 47.4 Å². The standard InChI is InChI=1S/C16H14N2/c17-9-12-5-7-13(8-6-12)16-11-18-10-14-3-1-2-4-15(14)16/h1-8,10-11H,9,17H2. The monoisotopic (exact) mass is 234 g/mol.